The van der Waals surface area contributed by atoms with Gasteiger partial charge in [-0.3, -0.25) is 19.2 Å². The average Bonchev–Trinajstić information content (AvgIpc) is 2.56. The third kappa shape index (κ3) is 2.71. The highest BCUT2D eigenvalue weighted by Gasteiger charge is 2.34. The topological polar surface area (TPSA) is 97.7 Å². The number of Topliss-reactive ketones (excluding diaryl/α,β-unsaturated/α-hetero) is 1. The Balaban J connectivity index is 2.18. The lowest BCUT2D eigenvalue weighted by Crippen LogP contribution is -2.24. The summed E-state index contributed by atoms with van der Waals surface area (Å²) in [5.41, 5.74) is 0.548. The monoisotopic (exact) mass is 338 g/mol. The molecule has 0 spiro atoms. The smallest absolute Gasteiger partial charge is 0.302 e. The van der Waals surface area contributed by atoms with E-state index in [0.29, 0.717) is 5.56 Å². The maximum absolute atomic E-state index is 12.8. The first kappa shape index (κ1) is 16.6. The van der Waals surface area contributed by atoms with Gasteiger partial charge in [0, 0.05) is 29.2 Å². The first-order chi connectivity index (χ1) is 11.8. The number of carbonyl (C=O) groups excluding carboxylic acids is 4. The first-order valence-corrected chi connectivity index (χ1v) is 7.54. The van der Waals surface area contributed by atoms with Crippen molar-refractivity contribution in [3.63, 3.8) is 0 Å². The fourth-order valence-electron chi connectivity index (χ4n) is 2.92. The van der Waals surface area contributed by atoms with Crippen molar-refractivity contribution in [3.8, 4) is 5.75 Å². The molecule has 2 aromatic carbocycles. The number of benzene rings is 2. The Morgan fingerprint density at radius 3 is 2.36 bits per heavy atom. The Kier molecular flexibility index (Phi) is 3.96. The van der Waals surface area contributed by atoms with E-state index in [2.05, 4.69) is 0 Å². The van der Waals surface area contributed by atoms with Crippen LogP contribution >= 0.6 is 0 Å². The molecule has 0 saturated carbocycles. The Labute approximate surface area is 143 Å². The van der Waals surface area contributed by atoms with Gasteiger partial charge in [0.1, 0.15) is 12.4 Å². The van der Waals surface area contributed by atoms with Gasteiger partial charge < -0.3 is 9.84 Å². The largest absolute Gasteiger partial charge is 0.507 e. The average molecular weight is 338 g/mol. The van der Waals surface area contributed by atoms with Crippen molar-refractivity contribution in [3.05, 3.63) is 63.7 Å². The summed E-state index contributed by atoms with van der Waals surface area (Å²) in [5.74, 6) is -2.27. The number of ether oxygens (including phenoxy) is 1. The second kappa shape index (κ2) is 5.98. The van der Waals surface area contributed by atoms with Crippen LogP contribution in [0.3, 0.4) is 0 Å². The SMILES string of the molecule is CC(=O)OCc1cc(O)c2c(c1)C(=O)c1cccc(C(C)=O)c1C2=O. The van der Waals surface area contributed by atoms with Gasteiger partial charge in [-0.15, -0.1) is 0 Å². The van der Waals surface area contributed by atoms with Crippen LogP contribution in [-0.2, 0) is 16.1 Å². The molecule has 1 aliphatic rings. The van der Waals surface area contributed by atoms with E-state index in [4.69, 9.17) is 4.74 Å². The Morgan fingerprint density at radius 2 is 1.72 bits per heavy atom. The van der Waals surface area contributed by atoms with E-state index in [1.54, 1.807) is 0 Å². The second-order valence-corrected chi connectivity index (χ2v) is 5.76. The van der Waals surface area contributed by atoms with Crippen LogP contribution in [0.15, 0.2) is 30.3 Å². The molecule has 1 aliphatic carbocycles. The molecule has 3 rings (SSSR count). The molecule has 126 valence electrons. The molecule has 0 saturated heterocycles. The summed E-state index contributed by atoms with van der Waals surface area (Å²) >= 11 is 0. The minimum absolute atomic E-state index is 0.00976. The molecule has 2 aromatic rings. The minimum atomic E-state index is -0.577. The highest BCUT2D eigenvalue weighted by molar-refractivity contribution is 6.31. The van der Waals surface area contributed by atoms with Gasteiger partial charge in [-0.05, 0) is 24.6 Å². The molecule has 0 unspecified atom stereocenters. The number of ketones is 3. The number of fused-ring (bicyclic) bond motifs is 2. The van der Waals surface area contributed by atoms with E-state index in [1.165, 1.54) is 44.2 Å². The highest BCUT2D eigenvalue weighted by Crippen LogP contribution is 2.35. The molecule has 0 aliphatic heterocycles. The molecule has 0 heterocycles. The van der Waals surface area contributed by atoms with Gasteiger partial charge in [0.05, 0.1) is 5.56 Å². The van der Waals surface area contributed by atoms with Crippen LogP contribution in [0, 0.1) is 0 Å². The van der Waals surface area contributed by atoms with Gasteiger partial charge in [-0.1, -0.05) is 18.2 Å². The van der Waals surface area contributed by atoms with Gasteiger partial charge in [0.15, 0.2) is 17.3 Å². The van der Waals surface area contributed by atoms with E-state index in [0.717, 1.165) is 0 Å². The fourth-order valence-corrected chi connectivity index (χ4v) is 2.92. The van der Waals surface area contributed by atoms with Gasteiger partial charge in [-0.25, -0.2) is 0 Å². The fraction of sp³-hybridized carbons (Fsp3) is 0.158. The van der Waals surface area contributed by atoms with Crippen LogP contribution in [0.5, 0.6) is 5.75 Å². The molecule has 0 atom stereocenters. The molecule has 0 aromatic heterocycles. The number of rotatable bonds is 3. The van der Waals surface area contributed by atoms with Crippen molar-refractivity contribution in [2.24, 2.45) is 0 Å². The number of carbonyl (C=O) groups is 4. The third-order valence-electron chi connectivity index (χ3n) is 4.01. The predicted molar refractivity (Wildman–Crippen MR) is 86.9 cm³/mol. The zero-order valence-electron chi connectivity index (χ0n) is 13.6. The van der Waals surface area contributed by atoms with E-state index < -0.39 is 17.5 Å². The third-order valence-corrected chi connectivity index (χ3v) is 4.01. The highest BCUT2D eigenvalue weighted by atomic mass is 16.5. The predicted octanol–water partition coefficient (Wildman–Crippen LogP) is 2.43. The van der Waals surface area contributed by atoms with Gasteiger partial charge in [0.25, 0.3) is 0 Å². The van der Waals surface area contributed by atoms with E-state index in [9.17, 15) is 24.3 Å². The lowest BCUT2D eigenvalue weighted by molar-refractivity contribution is -0.142. The van der Waals surface area contributed by atoms with Crippen molar-refractivity contribution < 1.29 is 29.0 Å². The molecular weight excluding hydrogens is 324 g/mol. The van der Waals surface area contributed by atoms with E-state index in [-0.39, 0.29) is 46.0 Å². The summed E-state index contributed by atoms with van der Waals surface area (Å²) in [6.45, 7) is 2.43. The number of phenolic OH excluding ortho intramolecular Hbond substituents is 1. The quantitative estimate of drug-likeness (QED) is 0.582. The van der Waals surface area contributed by atoms with Crippen molar-refractivity contribution in [2.45, 2.75) is 20.5 Å². The van der Waals surface area contributed by atoms with E-state index in [1.807, 2.05) is 0 Å². The molecule has 1 N–H and O–H groups in total. The summed E-state index contributed by atoms with van der Waals surface area (Å²) < 4.78 is 4.87. The van der Waals surface area contributed by atoms with E-state index >= 15 is 0 Å². The number of esters is 1. The van der Waals surface area contributed by atoms with Crippen LogP contribution in [0.1, 0.15) is 61.6 Å². The van der Waals surface area contributed by atoms with Crippen LogP contribution < -0.4 is 0 Å². The van der Waals surface area contributed by atoms with Gasteiger partial charge >= 0.3 is 5.97 Å². The molecule has 0 radical (unpaired) electrons. The lowest BCUT2D eigenvalue weighted by atomic mass is 9.80. The maximum Gasteiger partial charge on any atom is 0.302 e. The van der Waals surface area contributed by atoms with Gasteiger partial charge in [-0.2, -0.15) is 0 Å². The Morgan fingerprint density at radius 1 is 1.00 bits per heavy atom. The van der Waals surface area contributed by atoms with Crippen molar-refractivity contribution in [1.29, 1.82) is 0 Å². The summed E-state index contributed by atoms with van der Waals surface area (Å²) in [6.07, 6.45) is 0. The van der Waals surface area contributed by atoms with Crippen LogP contribution in [-0.4, -0.2) is 28.4 Å². The summed E-state index contributed by atoms with van der Waals surface area (Å²) in [6, 6.07) is 7.18. The zero-order chi connectivity index (χ0) is 18.3. The number of hydrogen-bond donors (Lipinski definition) is 1. The molecule has 0 fully saturated rings. The van der Waals surface area contributed by atoms with Crippen molar-refractivity contribution >= 4 is 23.3 Å². The summed E-state index contributed by atoms with van der Waals surface area (Å²) in [5, 5.41) is 10.2. The number of hydrogen-bond acceptors (Lipinski definition) is 6. The van der Waals surface area contributed by atoms with Crippen LogP contribution in [0.2, 0.25) is 0 Å². The molecule has 25 heavy (non-hydrogen) atoms. The number of phenols is 1. The first-order valence-electron chi connectivity index (χ1n) is 7.54. The standard InChI is InChI=1S/C19H14O6/c1-9(20)12-4-3-5-13-16(12)19(24)17-14(18(13)23)6-11(7-15(17)22)8-25-10(2)21/h3-7,22H,8H2,1-2H3. The zero-order valence-corrected chi connectivity index (χ0v) is 13.6. The molecule has 0 bridgehead atoms. The second-order valence-electron chi connectivity index (χ2n) is 5.76. The molecular formula is C19H14O6. The van der Waals surface area contributed by atoms with Crippen molar-refractivity contribution in [2.75, 3.05) is 0 Å². The maximum atomic E-state index is 12.8. The summed E-state index contributed by atoms with van der Waals surface area (Å²) in [4.78, 5) is 48.3. The van der Waals surface area contributed by atoms with Crippen molar-refractivity contribution in [1.82, 2.24) is 0 Å². The molecule has 0 amide bonds. The number of aromatic hydroxyl groups is 1. The Bertz CT molecular complexity index is 955. The van der Waals surface area contributed by atoms with Crippen LogP contribution in [0.4, 0.5) is 0 Å². The molecule has 6 nitrogen and oxygen atoms in total. The van der Waals surface area contributed by atoms with Crippen LogP contribution in [0.25, 0.3) is 0 Å². The lowest BCUT2D eigenvalue weighted by Gasteiger charge is -2.21. The minimum Gasteiger partial charge on any atom is -0.507 e. The molecule has 6 heteroatoms. The Hall–Kier alpha value is -3.28. The van der Waals surface area contributed by atoms with Gasteiger partial charge in [0.2, 0.25) is 0 Å². The normalized spacial score (nSPS) is 12.4. The summed E-state index contributed by atoms with van der Waals surface area (Å²) in [7, 11) is 0.